The highest BCUT2D eigenvalue weighted by Gasteiger charge is 2.35. The minimum Gasteiger partial charge on any atom is -0.457 e. The third kappa shape index (κ3) is 11.4. The van der Waals surface area contributed by atoms with Crippen molar-refractivity contribution in [2.24, 2.45) is 10.8 Å². The lowest BCUT2D eigenvalue weighted by Crippen LogP contribution is -2.39. The summed E-state index contributed by atoms with van der Waals surface area (Å²) in [7, 11) is -4.98. The summed E-state index contributed by atoms with van der Waals surface area (Å²) < 4.78 is 67.3. The lowest BCUT2D eigenvalue weighted by Gasteiger charge is -2.29. The van der Waals surface area contributed by atoms with Gasteiger partial charge in [-0.1, -0.05) is 30.3 Å². The molecule has 0 aliphatic heterocycles. The Kier molecular flexibility index (Phi) is 11.2. The molecule has 2 aromatic rings. The SMILES string of the molecule is CC(C)(C)C(=O)OC(OC(=O)C(C)(C)C)OC(CC(P=O)c1cccc(Oc2ccccc2)c1)CS(=O)(=O)O. The van der Waals surface area contributed by atoms with Crippen molar-refractivity contribution < 1.29 is 46.1 Å². The van der Waals surface area contributed by atoms with Crippen LogP contribution in [0.4, 0.5) is 0 Å². The molecule has 0 aromatic heterocycles. The lowest BCUT2D eigenvalue weighted by molar-refractivity contribution is -0.285. The highest BCUT2D eigenvalue weighted by Crippen LogP contribution is 2.36. The number of hydrogen-bond acceptors (Lipinski definition) is 9. The monoisotopic (exact) mass is 582 g/mol. The first-order chi connectivity index (χ1) is 18.0. The zero-order valence-electron chi connectivity index (χ0n) is 22.8. The molecule has 0 fully saturated rings. The van der Waals surface area contributed by atoms with Crippen LogP contribution in [0.15, 0.2) is 54.6 Å². The molecule has 39 heavy (non-hydrogen) atoms. The van der Waals surface area contributed by atoms with Crippen molar-refractivity contribution >= 4 is 30.5 Å². The highest BCUT2D eigenvalue weighted by molar-refractivity contribution is 7.85. The van der Waals surface area contributed by atoms with E-state index in [1.54, 1.807) is 77.9 Å². The molecule has 2 unspecified atom stereocenters. The van der Waals surface area contributed by atoms with Gasteiger partial charge in [0.1, 0.15) is 17.3 Å². The van der Waals surface area contributed by atoms with Crippen molar-refractivity contribution in [1.82, 2.24) is 0 Å². The van der Waals surface area contributed by atoms with Gasteiger partial charge in [0, 0.05) is 0 Å². The average molecular weight is 583 g/mol. The van der Waals surface area contributed by atoms with E-state index in [2.05, 4.69) is 0 Å². The van der Waals surface area contributed by atoms with Gasteiger partial charge in [0.05, 0.1) is 22.6 Å². The second kappa shape index (κ2) is 13.5. The summed E-state index contributed by atoms with van der Waals surface area (Å²) in [5.41, 5.74) is -2.28. The van der Waals surface area contributed by atoms with Crippen molar-refractivity contribution in [3.63, 3.8) is 0 Å². The van der Waals surface area contributed by atoms with Crippen molar-refractivity contribution in [1.29, 1.82) is 0 Å². The summed E-state index contributed by atoms with van der Waals surface area (Å²) in [6.07, 6.45) is -1.59. The van der Waals surface area contributed by atoms with E-state index in [0.717, 1.165) is 0 Å². The first-order valence-electron chi connectivity index (χ1n) is 12.2. The van der Waals surface area contributed by atoms with Crippen molar-refractivity contribution in [2.75, 3.05) is 5.75 Å². The maximum Gasteiger partial charge on any atom is 0.365 e. The van der Waals surface area contributed by atoms with E-state index in [1.165, 1.54) is 0 Å². The van der Waals surface area contributed by atoms with Gasteiger partial charge in [-0.25, -0.2) is 0 Å². The number of esters is 2. The van der Waals surface area contributed by atoms with Crippen molar-refractivity contribution in [2.45, 2.75) is 66.2 Å². The van der Waals surface area contributed by atoms with Crippen LogP contribution in [0.1, 0.15) is 59.2 Å². The van der Waals surface area contributed by atoms with Gasteiger partial charge in [-0.2, -0.15) is 8.42 Å². The largest absolute Gasteiger partial charge is 0.457 e. The summed E-state index contributed by atoms with van der Waals surface area (Å²) in [5.74, 6) is -1.44. The van der Waals surface area contributed by atoms with E-state index in [-0.39, 0.29) is 14.9 Å². The quantitative estimate of drug-likeness (QED) is 0.138. The Hall–Kier alpha value is -2.85. The molecular weight excluding hydrogens is 547 g/mol. The third-order valence-electron chi connectivity index (χ3n) is 5.17. The van der Waals surface area contributed by atoms with Crippen LogP contribution >= 0.6 is 8.46 Å². The molecular formula is C27H35O10PS. The number of carbonyl (C=O) groups is 2. The number of ether oxygens (including phenoxy) is 4. The standard InChI is InChI=1S/C27H35O10PS/c1-26(2,3)23(28)36-25(37-24(29)27(4,5)6)35-21(17-39(31,32)33)16-22(38-30)18-11-10-14-20(15-18)34-19-12-8-7-9-13-19/h7-15,21-22,25H,16-17H2,1-6H3,(H,31,32,33). The van der Waals surface area contributed by atoms with Crippen LogP contribution in [0.3, 0.4) is 0 Å². The molecule has 0 saturated carbocycles. The number of benzene rings is 2. The minimum atomic E-state index is -4.60. The van der Waals surface area contributed by atoms with Gasteiger partial charge in [0.2, 0.25) is 0 Å². The van der Waals surface area contributed by atoms with Crippen molar-refractivity contribution in [3.05, 3.63) is 60.2 Å². The predicted octanol–water partition coefficient (Wildman–Crippen LogP) is 5.94. The molecule has 10 nitrogen and oxygen atoms in total. The van der Waals surface area contributed by atoms with Gasteiger partial charge in [-0.05, 0) is 77.8 Å². The summed E-state index contributed by atoms with van der Waals surface area (Å²) in [5, 5.41) is 0. The minimum absolute atomic E-state index is 0.212. The average Bonchev–Trinajstić information content (AvgIpc) is 2.81. The van der Waals surface area contributed by atoms with Gasteiger partial charge < -0.3 is 18.9 Å². The number of para-hydroxylation sites is 1. The zero-order valence-corrected chi connectivity index (χ0v) is 24.5. The molecule has 0 amide bonds. The Morgan fingerprint density at radius 2 is 1.41 bits per heavy atom. The molecule has 214 valence electrons. The van der Waals surface area contributed by atoms with Gasteiger partial charge in [-0.3, -0.25) is 18.7 Å². The van der Waals surface area contributed by atoms with Crippen LogP contribution in [-0.2, 0) is 38.5 Å². The van der Waals surface area contributed by atoms with E-state index in [9.17, 15) is 27.1 Å². The molecule has 0 bridgehead atoms. The van der Waals surface area contributed by atoms with Gasteiger partial charge in [0.15, 0.2) is 8.46 Å². The van der Waals surface area contributed by atoms with E-state index in [1.807, 2.05) is 18.2 Å². The zero-order chi connectivity index (χ0) is 29.4. The van der Waals surface area contributed by atoms with E-state index in [0.29, 0.717) is 17.1 Å². The Morgan fingerprint density at radius 3 is 1.90 bits per heavy atom. The highest BCUT2D eigenvalue weighted by atomic mass is 32.2. The molecule has 2 rings (SSSR count). The maximum atomic E-state index is 12.5. The molecule has 0 radical (unpaired) electrons. The fourth-order valence-electron chi connectivity index (χ4n) is 3.06. The summed E-state index contributed by atoms with van der Waals surface area (Å²) in [6, 6.07) is 15.7. The van der Waals surface area contributed by atoms with E-state index in [4.69, 9.17) is 18.9 Å². The van der Waals surface area contributed by atoms with E-state index >= 15 is 0 Å². The molecule has 2 atom stereocenters. The Labute approximate surface area is 230 Å². The molecule has 2 aromatic carbocycles. The lowest BCUT2D eigenvalue weighted by atomic mass is 9.97. The summed E-state index contributed by atoms with van der Waals surface area (Å²) in [6.45, 7) is 7.53. The topological polar surface area (TPSA) is 142 Å². The van der Waals surface area contributed by atoms with Crippen LogP contribution in [-0.4, -0.2) is 43.2 Å². The van der Waals surface area contributed by atoms with Crippen LogP contribution in [0.25, 0.3) is 0 Å². The van der Waals surface area contributed by atoms with Crippen LogP contribution in [0.5, 0.6) is 11.5 Å². The molecule has 0 spiro atoms. The third-order valence-corrected chi connectivity index (χ3v) is 6.72. The summed E-state index contributed by atoms with van der Waals surface area (Å²) in [4.78, 5) is 25.1. The molecule has 1 N–H and O–H groups in total. The number of hydrogen-bond donors (Lipinski definition) is 1. The number of rotatable bonds is 12. The fraction of sp³-hybridized carbons (Fsp3) is 0.481. The van der Waals surface area contributed by atoms with Gasteiger partial charge >= 0.3 is 18.4 Å². The fourth-order valence-corrected chi connectivity index (χ4v) is 4.35. The second-order valence-corrected chi connectivity index (χ2v) is 13.3. The van der Waals surface area contributed by atoms with Crippen LogP contribution in [0, 0.1) is 10.8 Å². The molecule has 0 saturated heterocycles. The first kappa shape index (κ1) is 32.4. The summed E-state index contributed by atoms with van der Waals surface area (Å²) >= 11 is 0. The molecule has 0 aliphatic rings. The first-order valence-corrected chi connectivity index (χ1v) is 14.6. The number of carbonyl (C=O) groups excluding carboxylic acids is 2. The predicted molar refractivity (Wildman–Crippen MR) is 144 cm³/mol. The molecule has 12 heteroatoms. The van der Waals surface area contributed by atoms with E-state index < -0.39 is 56.9 Å². The maximum absolute atomic E-state index is 12.5. The normalized spacial score (nSPS) is 14.1. The Balaban J connectivity index is 2.33. The Bertz CT molecular complexity index is 1210. The van der Waals surface area contributed by atoms with Crippen LogP contribution in [0.2, 0.25) is 0 Å². The second-order valence-electron chi connectivity index (χ2n) is 11.0. The smallest absolute Gasteiger partial charge is 0.365 e. The molecule has 0 aliphatic carbocycles. The van der Waals surface area contributed by atoms with Crippen molar-refractivity contribution in [3.8, 4) is 11.5 Å². The van der Waals surface area contributed by atoms with Gasteiger partial charge in [-0.15, -0.1) is 0 Å². The Morgan fingerprint density at radius 1 is 0.872 bits per heavy atom. The van der Waals surface area contributed by atoms with Gasteiger partial charge in [0.25, 0.3) is 10.1 Å². The molecule has 0 heterocycles. The van der Waals surface area contributed by atoms with Crippen LogP contribution < -0.4 is 4.74 Å².